The summed E-state index contributed by atoms with van der Waals surface area (Å²) < 4.78 is 34.6. The number of allylic oxidation sites excluding steroid dienone is 4. The van der Waals surface area contributed by atoms with Crippen LogP contribution in [0.3, 0.4) is 0 Å². The molecule has 2 atom stereocenters. The third-order valence-corrected chi connectivity index (χ3v) is 10.9. The normalized spacial score (nSPS) is 13.9. The number of hydrogen-bond acceptors (Lipinski definition) is 7. The van der Waals surface area contributed by atoms with Crippen LogP contribution in [0, 0.1) is 0 Å². The summed E-state index contributed by atoms with van der Waals surface area (Å²) >= 11 is 0. The van der Waals surface area contributed by atoms with Gasteiger partial charge < -0.3 is 27.9 Å². The largest absolute Gasteiger partial charge is 0.756 e. The molecule has 0 fully saturated rings. The number of carbonyl (C=O) groups excluding carboxylic acids is 1. The first-order valence-corrected chi connectivity index (χ1v) is 24.5. The molecule has 326 valence electrons. The first-order valence-electron chi connectivity index (χ1n) is 23.1. The summed E-state index contributed by atoms with van der Waals surface area (Å²) in [5.74, 6) is -0.339. The second kappa shape index (κ2) is 39.8. The van der Waals surface area contributed by atoms with Crippen molar-refractivity contribution in [3.8, 4) is 0 Å². The van der Waals surface area contributed by atoms with E-state index in [0.29, 0.717) is 24.1 Å². The average Bonchev–Trinajstić information content (AvgIpc) is 3.13. The van der Waals surface area contributed by atoms with Crippen molar-refractivity contribution in [1.82, 2.24) is 0 Å². The predicted octanol–water partition coefficient (Wildman–Crippen LogP) is 13.0. The Labute approximate surface area is 341 Å². The lowest BCUT2D eigenvalue weighted by Gasteiger charge is -2.28. The second-order valence-electron chi connectivity index (χ2n) is 16.8. The number of rotatable bonds is 43. The zero-order valence-electron chi connectivity index (χ0n) is 36.9. The van der Waals surface area contributed by atoms with Gasteiger partial charge in [0.1, 0.15) is 19.3 Å². The Morgan fingerprint density at radius 3 is 1.38 bits per heavy atom. The van der Waals surface area contributed by atoms with Gasteiger partial charge in [0.15, 0.2) is 0 Å². The van der Waals surface area contributed by atoms with Crippen molar-refractivity contribution in [3.63, 3.8) is 0 Å². The summed E-state index contributed by atoms with van der Waals surface area (Å²) in [7, 11) is 1.35. The van der Waals surface area contributed by atoms with E-state index in [2.05, 4.69) is 38.2 Å². The van der Waals surface area contributed by atoms with Gasteiger partial charge in [0.25, 0.3) is 7.82 Å². The topological polar surface area (TPSA) is 94.1 Å². The van der Waals surface area contributed by atoms with Crippen molar-refractivity contribution < 1.29 is 37.3 Å². The number of nitrogens with zero attached hydrogens (tertiary/aromatic N) is 1. The van der Waals surface area contributed by atoms with Crippen molar-refractivity contribution in [2.45, 2.75) is 213 Å². The molecule has 0 saturated heterocycles. The molecule has 0 bridgehead atoms. The molecule has 0 amide bonds. The maximum absolute atomic E-state index is 12.7. The van der Waals surface area contributed by atoms with Crippen LogP contribution in [0.1, 0.15) is 206 Å². The molecule has 0 aromatic rings. The zero-order chi connectivity index (χ0) is 40.6. The molecular formula is C46H90NO7P. The van der Waals surface area contributed by atoms with Crippen molar-refractivity contribution in [3.05, 3.63) is 24.3 Å². The molecule has 8 nitrogen and oxygen atoms in total. The predicted molar refractivity (Wildman–Crippen MR) is 231 cm³/mol. The van der Waals surface area contributed by atoms with Crippen LogP contribution in [0.5, 0.6) is 0 Å². The molecule has 0 aliphatic rings. The van der Waals surface area contributed by atoms with Crippen LogP contribution in [0.4, 0.5) is 0 Å². The highest BCUT2D eigenvalue weighted by Crippen LogP contribution is 2.38. The van der Waals surface area contributed by atoms with Crippen LogP contribution in [0.2, 0.25) is 0 Å². The molecule has 2 unspecified atom stereocenters. The average molecular weight is 800 g/mol. The zero-order valence-corrected chi connectivity index (χ0v) is 37.8. The first-order chi connectivity index (χ1) is 26.6. The Kier molecular flexibility index (Phi) is 39.1. The quantitative estimate of drug-likeness (QED) is 0.0199. The summed E-state index contributed by atoms with van der Waals surface area (Å²) in [6.45, 7) is 5.41. The van der Waals surface area contributed by atoms with Gasteiger partial charge in [0.05, 0.1) is 34.4 Å². The van der Waals surface area contributed by atoms with Gasteiger partial charge in [-0.05, 0) is 64.2 Å². The lowest BCUT2D eigenvalue weighted by atomic mass is 10.1. The monoisotopic (exact) mass is 800 g/mol. The third-order valence-electron chi connectivity index (χ3n) is 9.98. The molecule has 55 heavy (non-hydrogen) atoms. The molecule has 0 aliphatic carbocycles. The van der Waals surface area contributed by atoms with E-state index in [1.165, 1.54) is 154 Å². The maximum Gasteiger partial charge on any atom is 0.306 e. The summed E-state index contributed by atoms with van der Waals surface area (Å²) in [4.78, 5) is 25.1. The Morgan fingerprint density at radius 2 is 0.945 bits per heavy atom. The Bertz CT molecular complexity index is 936. The Morgan fingerprint density at radius 1 is 0.545 bits per heavy atom. The number of hydrogen-bond donors (Lipinski definition) is 0. The third kappa shape index (κ3) is 43.9. The minimum absolute atomic E-state index is 0.0253. The van der Waals surface area contributed by atoms with Crippen LogP contribution >= 0.6 is 7.82 Å². The number of quaternary nitrogens is 1. The van der Waals surface area contributed by atoms with Crippen molar-refractivity contribution >= 4 is 13.8 Å². The summed E-state index contributed by atoms with van der Waals surface area (Å²) in [6.07, 6.45) is 44.7. The molecule has 0 radical (unpaired) electrons. The maximum atomic E-state index is 12.7. The number of carbonyl (C=O) groups is 1. The van der Waals surface area contributed by atoms with Gasteiger partial charge in [-0.15, -0.1) is 0 Å². The van der Waals surface area contributed by atoms with Crippen molar-refractivity contribution in [2.24, 2.45) is 0 Å². The van der Waals surface area contributed by atoms with E-state index in [9.17, 15) is 14.3 Å². The van der Waals surface area contributed by atoms with Crippen LogP contribution in [0.15, 0.2) is 24.3 Å². The highest BCUT2D eigenvalue weighted by molar-refractivity contribution is 7.45. The van der Waals surface area contributed by atoms with Crippen LogP contribution in [-0.4, -0.2) is 70.7 Å². The fourth-order valence-corrected chi connectivity index (χ4v) is 7.09. The fourth-order valence-electron chi connectivity index (χ4n) is 6.36. The van der Waals surface area contributed by atoms with E-state index >= 15 is 0 Å². The Hall–Kier alpha value is -1.02. The van der Waals surface area contributed by atoms with Gasteiger partial charge in [-0.2, -0.15) is 0 Å². The van der Waals surface area contributed by atoms with Gasteiger partial charge in [-0.25, -0.2) is 0 Å². The number of phosphoric ester groups is 1. The summed E-state index contributed by atoms with van der Waals surface area (Å²) in [6, 6.07) is 0. The smallest absolute Gasteiger partial charge is 0.306 e. The van der Waals surface area contributed by atoms with E-state index in [-0.39, 0.29) is 25.8 Å². The standard InChI is InChI=1S/C46H90NO7P/c1-6-8-10-12-14-16-18-20-22-23-24-25-27-29-31-33-35-37-39-46(48)54-45(44-53-55(49,50)52-42-40-47(3,4)5)43-51-41-38-36-34-32-30-28-26-21-19-17-15-13-11-9-7-2/h19,21-23,45H,6-18,20,24-44H2,1-5H3/b21-19-,23-22-. The fraction of sp³-hybridized carbons (Fsp3) is 0.891. The number of ether oxygens (including phenoxy) is 2. The highest BCUT2D eigenvalue weighted by atomic mass is 31.2. The van der Waals surface area contributed by atoms with E-state index < -0.39 is 13.9 Å². The minimum Gasteiger partial charge on any atom is -0.756 e. The molecule has 0 N–H and O–H groups in total. The minimum atomic E-state index is -4.52. The van der Waals surface area contributed by atoms with Crippen LogP contribution < -0.4 is 4.89 Å². The second-order valence-corrected chi connectivity index (χ2v) is 18.2. The highest BCUT2D eigenvalue weighted by Gasteiger charge is 2.20. The molecular weight excluding hydrogens is 709 g/mol. The van der Waals surface area contributed by atoms with Gasteiger partial charge >= 0.3 is 5.97 Å². The summed E-state index contributed by atoms with van der Waals surface area (Å²) in [5.41, 5.74) is 0. The van der Waals surface area contributed by atoms with E-state index in [0.717, 1.165) is 32.1 Å². The Balaban J connectivity index is 4.21. The van der Waals surface area contributed by atoms with E-state index in [1.54, 1.807) is 0 Å². The SMILES string of the molecule is CCCCCCC/C=C\CCCCCCCCOCC(COP(=O)([O-])OCC[N+](C)(C)C)OC(=O)CCCCCCCCC/C=C\CCCCCCCCC. The number of esters is 1. The molecule has 0 spiro atoms. The van der Waals surface area contributed by atoms with Crippen molar-refractivity contribution in [1.29, 1.82) is 0 Å². The van der Waals surface area contributed by atoms with Gasteiger partial charge in [-0.1, -0.05) is 160 Å². The van der Waals surface area contributed by atoms with Crippen LogP contribution in [0.25, 0.3) is 0 Å². The lowest BCUT2D eigenvalue weighted by Crippen LogP contribution is -2.37. The molecule has 0 heterocycles. The van der Waals surface area contributed by atoms with Gasteiger partial charge in [0.2, 0.25) is 0 Å². The number of unbranched alkanes of at least 4 members (excludes halogenated alkanes) is 25. The number of phosphoric acid groups is 1. The molecule has 0 aromatic heterocycles. The number of likely N-dealkylation sites (N-methyl/N-ethyl adjacent to an activating group) is 1. The first kappa shape index (κ1) is 54.0. The molecule has 9 heteroatoms. The van der Waals surface area contributed by atoms with E-state index in [1.807, 2.05) is 21.1 Å². The molecule has 0 aliphatic heterocycles. The lowest BCUT2D eigenvalue weighted by molar-refractivity contribution is -0.870. The van der Waals surface area contributed by atoms with Crippen molar-refractivity contribution in [2.75, 3.05) is 54.1 Å². The molecule has 0 rings (SSSR count). The van der Waals surface area contributed by atoms with Gasteiger partial charge in [0, 0.05) is 13.0 Å². The molecule has 0 saturated carbocycles. The summed E-state index contributed by atoms with van der Waals surface area (Å²) in [5, 5.41) is 0. The van der Waals surface area contributed by atoms with Crippen LogP contribution in [-0.2, 0) is 27.9 Å². The van der Waals surface area contributed by atoms with E-state index in [4.69, 9.17) is 18.5 Å². The van der Waals surface area contributed by atoms with Gasteiger partial charge in [-0.3, -0.25) is 9.36 Å². The molecule has 0 aromatic carbocycles.